The van der Waals surface area contributed by atoms with E-state index in [9.17, 15) is 13.8 Å². The molecule has 2 heterocycles. The number of aromatic amines is 1. The Hall–Kier alpha value is -2.67. The van der Waals surface area contributed by atoms with Gasteiger partial charge in [0.1, 0.15) is 18.6 Å². The van der Waals surface area contributed by atoms with Gasteiger partial charge in [0.05, 0.1) is 11.0 Å². The minimum atomic E-state index is -3.74. The molecular formula is C26H35ClFN3O4P+. The van der Waals surface area contributed by atoms with E-state index in [0.29, 0.717) is 28.9 Å². The third-order valence-electron chi connectivity index (χ3n) is 5.63. The smallest absolute Gasteiger partial charge is 0.268 e. The summed E-state index contributed by atoms with van der Waals surface area (Å²) < 4.78 is 35.5. The van der Waals surface area contributed by atoms with E-state index >= 15 is 0 Å². The number of H-pyrrole nitrogens is 1. The van der Waals surface area contributed by atoms with E-state index in [2.05, 4.69) is 10.3 Å². The van der Waals surface area contributed by atoms with Gasteiger partial charge < -0.3 is 14.8 Å². The molecule has 1 aliphatic heterocycles. The largest absolute Gasteiger partial charge is 0.350 e. The number of carbonyl (C=O) groups excluding carboxylic acids is 1. The first kappa shape index (κ1) is 29.6. The summed E-state index contributed by atoms with van der Waals surface area (Å²) in [4.78, 5) is 21.4. The van der Waals surface area contributed by atoms with Crippen molar-refractivity contribution in [3.05, 3.63) is 65.2 Å². The lowest BCUT2D eigenvalue weighted by Crippen LogP contribution is -2.33. The summed E-state index contributed by atoms with van der Waals surface area (Å²) in [7, 11) is -0.873. The molecule has 2 N–H and O–H groups in total. The van der Waals surface area contributed by atoms with Crippen LogP contribution >= 0.6 is 19.0 Å². The highest BCUT2D eigenvalue weighted by Gasteiger charge is 2.38. The minimum Gasteiger partial charge on any atom is -0.350 e. The van der Waals surface area contributed by atoms with Crippen molar-refractivity contribution < 1.29 is 27.9 Å². The zero-order valence-electron chi connectivity index (χ0n) is 21.5. The first-order valence-electron chi connectivity index (χ1n) is 11.8. The Morgan fingerprint density at radius 3 is 2.69 bits per heavy atom. The molecule has 1 amide bonds. The summed E-state index contributed by atoms with van der Waals surface area (Å²) in [5.74, 6) is -0.905. The topological polar surface area (TPSA) is 83.4 Å². The van der Waals surface area contributed by atoms with Crippen molar-refractivity contribution in [2.45, 2.75) is 39.8 Å². The lowest BCUT2D eigenvalue weighted by Gasteiger charge is -2.22. The van der Waals surface area contributed by atoms with Gasteiger partial charge in [0.25, 0.3) is 5.91 Å². The standard InChI is InChI=1S/C24H28ClFN3O4P.C2H6/c1-5-6-19(26)13-16(2)34(31,33-4)23-20-14-18(25)7-8-21(20)28-22(23)24(30)27-15-17-9-11-29(32-3)12-10-17;1-2/h5-9,11-14,16-17H,10,15H2,1-4H3,(H-,27,28,30,31);1-2H3/p+1/b6-5-,19-13+;. The third kappa shape index (κ3) is 6.75. The zero-order chi connectivity index (χ0) is 26.9. The fourth-order valence-electron chi connectivity index (χ4n) is 3.83. The van der Waals surface area contributed by atoms with Gasteiger partial charge in [-0.1, -0.05) is 31.5 Å². The molecule has 0 saturated carbocycles. The lowest BCUT2D eigenvalue weighted by molar-refractivity contribution is -0.730. The fourth-order valence-corrected chi connectivity index (χ4v) is 6.25. The van der Waals surface area contributed by atoms with Gasteiger partial charge in [0.15, 0.2) is 6.21 Å². The molecule has 0 spiro atoms. The van der Waals surface area contributed by atoms with Crippen molar-refractivity contribution >= 4 is 47.3 Å². The second kappa shape index (κ2) is 13.6. The van der Waals surface area contributed by atoms with Crippen LogP contribution in [0.4, 0.5) is 4.39 Å². The highest BCUT2D eigenvalue weighted by atomic mass is 35.5. The first-order valence-corrected chi connectivity index (χ1v) is 13.9. The number of halogens is 2. The maximum Gasteiger partial charge on any atom is 0.268 e. The van der Waals surface area contributed by atoms with Crippen LogP contribution in [0.15, 0.2) is 54.5 Å². The number of amides is 1. The van der Waals surface area contributed by atoms with Crippen LogP contribution in [0.1, 0.15) is 44.6 Å². The molecule has 1 aromatic heterocycles. The second-order valence-corrected chi connectivity index (χ2v) is 11.1. The van der Waals surface area contributed by atoms with E-state index in [0.717, 1.165) is 0 Å². The first-order chi connectivity index (χ1) is 17.2. The molecule has 0 aliphatic carbocycles. The predicted molar refractivity (Wildman–Crippen MR) is 145 cm³/mol. The van der Waals surface area contributed by atoms with E-state index in [4.69, 9.17) is 21.0 Å². The van der Waals surface area contributed by atoms with Crippen molar-refractivity contribution in [2.24, 2.45) is 5.92 Å². The van der Waals surface area contributed by atoms with E-state index in [-0.39, 0.29) is 16.9 Å². The fraction of sp³-hybridized carbons (Fsp3) is 0.385. The Kier molecular flexibility index (Phi) is 11.2. The Morgan fingerprint density at radius 2 is 2.11 bits per heavy atom. The molecule has 3 unspecified atom stereocenters. The van der Waals surface area contributed by atoms with Crippen molar-refractivity contribution in [3.63, 3.8) is 0 Å². The van der Waals surface area contributed by atoms with Gasteiger partial charge >= 0.3 is 0 Å². The molecular weight excluding hydrogens is 504 g/mol. The van der Waals surface area contributed by atoms with E-state index < -0.39 is 24.8 Å². The molecule has 0 bridgehead atoms. The summed E-state index contributed by atoms with van der Waals surface area (Å²) >= 11 is 6.21. The summed E-state index contributed by atoms with van der Waals surface area (Å²) in [5.41, 5.74) is -0.154. The highest BCUT2D eigenvalue weighted by molar-refractivity contribution is 7.68. The average molecular weight is 539 g/mol. The van der Waals surface area contributed by atoms with Gasteiger partial charge in [0, 0.05) is 41.9 Å². The average Bonchev–Trinajstić information content (AvgIpc) is 3.27. The summed E-state index contributed by atoms with van der Waals surface area (Å²) in [5, 5.41) is 4.01. The maximum absolute atomic E-state index is 14.2. The number of fused-ring (bicyclic) bond motifs is 1. The maximum atomic E-state index is 14.2. The normalized spacial score (nSPS) is 18.3. The molecule has 2 aromatic rings. The Balaban J connectivity index is 0.00000222. The number of hydrogen-bond acceptors (Lipinski definition) is 4. The Morgan fingerprint density at radius 1 is 1.39 bits per heavy atom. The molecule has 10 heteroatoms. The van der Waals surface area contributed by atoms with Crippen LogP contribution < -0.4 is 10.6 Å². The quantitative estimate of drug-likeness (QED) is 0.229. The van der Waals surface area contributed by atoms with Crippen LogP contribution in [0.5, 0.6) is 0 Å². The molecule has 1 aromatic carbocycles. The number of nitrogens with zero attached hydrogens (tertiary/aromatic N) is 1. The van der Waals surface area contributed by atoms with Crippen molar-refractivity contribution in [1.82, 2.24) is 10.3 Å². The van der Waals surface area contributed by atoms with Gasteiger partial charge in [0.2, 0.25) is 13.6 Å². The van der Waals surface area contributed by atoms with Crippen LogP contribution in [0.2, 0.25) is 5.02 Å². The summed E-state index contributed by atoms with van der Waals surface area (Å²) in [6.07, 6.45) is 10.3. The number of hydrogen-bond donors (Lipinski definition) is 2. The van der Waals surface area contributed by atoms with E-state index in [1.165, 1.54) is 19.3 Å². The van der Waals surface area contributed by atoms with Crippen molar-refractivity contribution in [1.29, 1.82) is 0 Å². The number of aromatic nitrogens is 1. The molecule has 1 aliphatic rings. The molecule has 0 radical (unpaired) electrons. The minimum absolute atomic E-state index is 0.0728. The molecule has 3 rings (SSSR count). The zero-order valence-corrected chi connectivity index (χ0v) is 23.2. The van der Waals surface area contributed by atoms with Crippen LogP contribution in [0, 0.1) is 5.92 Å². The van der Waals surface area contributed by atoms with E-state index in [1.54, 1.807) is 56.2 Å². The molecule has 3 atom stereocenters. The number of nitrogens with one attached hydrogen (secondary N) is 2. The Bertz CT molecular complexity index is 1240. The number of rotatable bonds is 9. The number of hydroxylamine groups is 1. The lowest BCUT2D eigenvalue weighted by atomic mass is 10.1. The van der Waals surface area contributed by atoms with Crippen LogP contribution in [0.3, 0.4) is 0 Å². The molecule has 7 nitrogen and oxygen atoms in total. The van der Waals surface area contributed by atoms with Gasteiger partial charge in [-0.25, -0.2) is 4.39 Å². The van der Waals surface area contributed by atoms with Crippen LogP contribution in [-0.4, -0.2) is 48.3 Å². The monoisotopic (exact) mass is 538 g/mol. The summed E-state index contributed by atoms with van der Waals surface area (Å²) in [6.45, 7) is 7.65. The molecule has 196 valence electrons. The molecule has 0 fully saturated rings. The molecule has 36 heavy (non-hydrogen) atoms. The predicted octanol–water partition coefficient (Wildman–Crippen LogP) is 6.12. The molecule has 0 saturated heterocycles. The van der Waals surface area contributed by atoms with Crippen molar-refractivity contribution in [3.8, 4) is 0 Å². The number of carbonyl (C=O) groups is 1. The van der Waals surface area contributed by atoms with Gasteiger partial charge in [-0.15, -0.1) is 0 Å². The highest BCUT2D eigenvalue weighted by Crippen LogP contribution is 2.53. The number of allylic oxidation sites excluding steroid dienone is 4. The van der Waals surface area contributed by atoms with Crippen LogP contribution in [-0.2, 0) is 13.9 Å². The van der Waals surface area contributed by atoms with Crippen molar-refractivity contribution in [2.75, 3.05) is 20.8 Å². The third-order valence-corrected chi connectivity index (χ3v) is 8.72. The van der Waals surface area contributed by atoms with Gasteiger partial charge in [-0.2, -0.15) is 0 Å². The van der Waals surface area contributed by atoms with E-state index in [1.807, 2.05) is 26.1 Å². The second-order valence-electron chi connectivity index (χ2n) is 7.88. The summed E-state index contributed by atoms with van der Waals surface area (Å²) in [6, 6.07) is 5.00. The van der Waals surface area contributed by atoms with Gasteiger partial charge in [-0.05, 0) is 55.0 Å². The van der Waals surface area contributed by atoms with Crippen LogP contribution in [0.25, 0.3) is 10.9 Å². The number of benzene rings is 1. The Labute approximate surface area is 217 Å². The SMILES string of the molecule is C/C=C\C(F)=C/C(C)P(=O)(OC)c1c(C(=O)NCC2C=C[N+](OC)=CC2)[nH]c2ccc(Cl)cc12.CC. The van der Waals surface area contributed by atoms with Gasteiger partial charge in [-0.3, -0.25) is 14.2 Å².